The number of carbonyl (C=O) groups is 1. The zero-order chi connectivity index (χ0) is 14.9. The quantitative estimate of drug-likeness (QED) is 0.495. The first kappa shape index (κ1) is 17.1. The number of nitro groups is 1. The maximum atomic E-state index is 13.4. The lowest BCUT2D eigenvalue weighted by molar-refractivity contribution is -0.384. The van der Waals surface area contributed by atoms with E-state index in [1.165, 1.54) is 4.90 Å². The number of hydrogen-bond acceptors (Lipinski definition) is 5. The van der Waals surface area contributed by atoms with Crippen molar-refractivity contribution >= 4 is 29.7 Å². The summed E-state index contributed by atoms with van der Waals surface area (Å²) in [6, 6.07) is 1.83. The molecule has 0 aromatic heterocycles. The molecule has 1 atom stereocenters. The average molecular weight is 319 g/mol. The summed E-state index contributed by atoms with van der Waals surface area (Å²) >= 11 is 0. The first-order valence-corrected chi connectivity index (χ1v) is 6.14. The van der Waals surface area contributed by atoms with Crippen LogP contribution in [0.4, 0.5) is 15.8 Å². The van der Waals surface area contributed by atoms with Crippen molar-refractivity contribution in [1.29, 1.82) is 0 Å². The topological polar surface area (TPSA) is 102 Å². The molecule has 3 N–H and O–H groups in total. The van der Waals surface area contributed by atoms with Gasteiger partial charge in [-0.15, -0.1) is 12.4 Å². The van der Waals surface area contributed by atoms with Gasteiger partial charge in [-0.2, -0.15) is 0 Å². The number of carbonyl (C=O) groups excluding carboxylic acids is 1. The summed E-state index contributed by atoms with van der Waals surface area (Å²) in [5, 5.41) is 13.8. The molecule has 0 saturated carbocycles. The van der Waals surface area contributed by atoms with E-state index >= 15 is 0 Å². The molecule has 1 aromatic rings. The molecule has 0 spiro atoms. The van der Waals surface area contributed by atoms with Gasteiger partial charge in [0.05, 0.1) is 16.6 Å². The lowest BCUT2D eigenvalue weighted by Gasteiger charge is -2.17. The molecule has 1 aliphatic heterocycles. The summed E-state index contributed by atoms with van der Waals surface area (Å²) in [6.07, 6.45) is 0.777. The predicted molar refractivity (Wildman–Crippen MR) is 78.1 cm³/mol. The smallest absolute Gasteiger partial charge is 0.295 e. The standard InChI is InChI=1S/C12H15FN4O3.ClH/c1-15-8-2-3-16(6-8)12(18)9-4-7(13)5-10(11(9)14)17(19)20;/h4-5,8,15H,2-3,6,14H2,1H3;1H. The molecule has 1 aromatic carbocycles. The Hall–Kier alpha value is -1.93. The number of amides is 1. The van der Waals surface area contributed by atoms with Gasteiger partial charge in [-0.3, -0.25) is 14.9 Å². The number of nitrogens with zero attached hydrogens (tertiary/aromatic N) is 2. The fourth-order valence-electron chi connectivity index (χ4n) is 2.28. The van der Waals surface area contributed by atoms with Gasteiger partial charge in [0.2, 0.25) is 0 Å². The number of nitro benzene ring substituents is 1. The predicted octanol–water partition coefficient (Wildman–Crippen LogP) is 1.17. The van der Waals surface area contributed by atoms with Crippen LogP contribution >= 0.6 is 12.4 Å². The molecule has 116 valence electrons. The van der Waals surface area contributed by atoms with Crippen molar-refractivity contribution in [3.05, 3.63) is 33.6 Å². The van der Waals surface area contributed by atoms with Crippen molar-refractivity contribution in [2.45, 2.75) is 12.5 Å². The number of benzene rings is 1. The van der Waals surface area contributed by atoms with Gasteiger partial charge in [0.1, 0.15) is 11.5 Å². The molecular formula is C12H16ClFN4O3. The van der Waals surface area contributed by atoms with E-state index < -0.39 is 22.3 Å². The van der Waals surface area contributed by atoms with Gasteiger partial charge in [-0.25, -0.2) is 4.39 Å². The van der Waals surface area contributed by atoms with E-state index in [1.807, 2.05) is 0 Å². The second kappa shape index (κ2) is 6.68. The number of hydrogen-bond donors (Lipinski definition) is 2. The molecule has 1 saturated heterocycles. The Morgan fingerprint density at radius 3 is 2.76 bits per heavy atom. The van der Waals surface area contributed by atoms with Crippen molar-refractivity contribution in [2.24, 2.45) is 0 Å². The van der Waals surface area contributed by atoms with E-state index in [9.17, 15) is 19.3 Å². The maximum absolute atomic E-state index is 13.4. The third kappa shape index (κ3) is 3.40. The third-order valence-corrected chi connectivity index (χ3v) is 3.43. The molecule has 21 heavy (non-hydrogen) atoms. The number of likely N-dealkylation sites (tertiary alicyclic amines) is 1. The molecule has 0 bridgehead atoms. The maximum Gasteiger partial charge on any atom is 0.295 e. The number of halogens is 2. The molecule has 1 heterocycles. The Morgan fingerprint density at radius 1 is 1.57 bits per heavy atom. The first-order chi connectivity index (χ1) is 9.43. The fourth-order valence-corrected chi connectivity index (χ4v) is 2.28. The number of nitrogens with one attached hydrogen (secondary N) is 1. The number of rotatable bonds is 3. The van der Waals surface area contributed by atoms with Crippen LogP contribution in [0.3, 0.4) is 0 Å². The van der Waals surface area contributed by atoms with Crippen LogP contribution in [0.25, 0.3) is 0 Å². The minimum absolute atomic E-state index is 0. The van der Waals surface area contributed by atoms with Crippen molar-refractivity contribution in [1.82, 2.24) is 10.2 Å². The molecule has 9 heteroatoms. The van der Waals surface area contributed by atoms with Crippen LogP contribution in [0.5, 0.6) is 0 Å². The van der Waals surface area contributed by atoms with E-state index in [0.717, 1.165) is 12.5 Å². The Morgan fingerprint density at radius 2 is 2.24 bits per heavy atom. The van der Waals surface area contributed by atoms with E-state index in [4.69, 9.17) is 5.73 Å². The van der Waals surface area contributed by atoms with Gasteiger partial charge in [0.15, 0.2) is 0 Å². The summed E-state index contributed by atoms with van der Waals surface area (Å²) in [4.78, 5) is 23.8. The number of nitrogens with two attached hydrogens (primary N) is 1. The van der Waals surface area contributed by atoms with Crippen LogP contribution in [0, 0.1) is 15.9 Å². The minimum Gasteiger partial charge on any atom is -0.393 e. The molecule has 1 aliphatic rings. The molecule has 0 aliphatic carbocycles. The van der Waals surface area contributed by atoms with Gasteiger partial charge in [-0.05, 0) is 19.5 Å². The average Bonchev–Trinajstić information content (AvgIpc) is 2.88. The Balaban J connectivity index is 0.00000220. The molecule has 1 unspecified atom stereocenters. The third-order valence-electron chi connectivity index (χ3n) is 3.43. The lowest BCUT2D eigenvalue weighted by Crippen LogP contribution is -2.33. The highest BCUT2D eigenvalue weighted by Crippen LogP contribution is 2.28. The van der Waals surface area contributed by atoms with Crippen LogP contribution in [0.1, 0.15) is 16.8 Å². The van der Waals surface area contributed by atoms with Gasteiger partial charge in [0, 0.05) is 19.1 Å². The molecular weight excluding hydrogens is 303 g/mol. The second-order valence-corrected chi connectivity index (χ2v) is 4.67. The van der Waals surface area contributed by atoms with Crippen LogP contribution in [0.2, 0.25) is 0 Å². The highest BCUT2D eigenvalue weighted by atomic mass is 35.5. The van der Waals surface area contributed by atoms with E-state index in [2.05, 4.69) is 5.32 Å². The molecule has 1 amide bonds. The Labute approximate surface area is 126 Å². The lowest BCUT2D eigenvalue weighted by atomic mass is 10.1. The molecule has 1 fully saturated rings. The summed E-state index contributed by atoms with van der Waals surface area (Å²) < 4.78 is 13.4. The second-order valence-electron chi connectivity index (χ2n) is 4.67. The van der Waals surface area contributed by atoms with Crippen LogP contribution < -0.4 is 11.1 Å². The van der Waals surface area contributed by atoms with Crippen molar-refractivity contribution in [3.63, 3.8) is 0 Å². The van der Waals surface area contributed by atoms with Crippen LogP contribution in [-0.2, 0) is 0 Å². The number of anilines is 1. The van der Waals surface area contributed by atoms with E-state index in [1.54, 1.807) is 7.05 Å². The minimum atomic E-state index is -0.849. The van der Waals surface area contributed by atoms with Gasteiger partial charge in [-0.1, -0.05) is 0 Å². The van der Waals surface area contributed by atoms with E-state index in [0.29, 0.717) is 19.2 Å². The molecule has 0 radical (unpaired) electrons. The summed E-state index contributed by atoms with van der Waals surface area (Å²) in [5.41, 5.74) is 4.58. The Bertz CT molecular complexity index is 570. The first-order valence-electron chi connectivity index (χ1n) is 6.14. The van der Waals surface area contributed by atoms with E-state index in [-0.39, 0.29) is 29.7 Å². The highest BCUT2D eigenvalue weighted by Gasteiger charge is 2.29. The van der Waals surface area contributed by atoms with Crippen molar-refractivity contribution < 1.29 is 14.1 Å². The van der Waals surface area contributed by atoms with Gasteiger partial charge >= 0.3 is 0 Å². The highest BCUT2D eigenvalue weighted by molar-refractivity contribution is 6.01. The summed E-state index contributed by atoms with van der Waals surface area (Å²) in [7, 11) is 1.79. The zero-order valence-corrected chi connectivity index (χ0v) is 12.2. The number of likely N-dealkylation sites (N-methyl/N-ethyl adjacent to an activating group) is 1. The van der Waals surface area contributed by atoms with Gasteiger partial charge < -0.3 is 16.0 Å². The van der Waals surface area contributed by atoms with Crippen molar-refractivity contribution in [2.75, 3.05) is 25.9 Å². The molecule has 7 nitrogen and oxygen atoms in total. The van der Waals surface area contributed by atoms with Crippen LogP contribution in [-0.4, -0.2) is 41.9 Å². The SMILES string of the molecule is CNC1CCN(C(=O)c2cc(F)cc([N+](=O)[O-])c2N)C1.Cl. The monoisotopic (exact) mass is 318 g/mol. The van der Waals surface area contributed by atoms with Crippen LogP contribution in [0.15, 0.2) is 12.1 Å². The largest absolute Gasteiger partial charge is 0.393 e. The van der Waals surface area contributed by atoms with Gasteiger partial charge in [0.25, 0.3) is 11.6 Å². The Kier molecular flexibility index (Phi) is 5.45. The normalized spacial score (nSPS) is 17.4. The fraction of sp³-hybridized carbons (Fsp3) is 0.417. The summed E-state index contributed by atoms with van der Waals surface area (Å²) in [6.45, 7) is 0.979. The summed E-state index contributed by atoms with van der Waals surface area (Å²) in [5.74, 6) is -1.33. The molecule has 2 rings (SSSR count). The number of nitrogen functional groups attached to an aromatic ring is 1. The zero-order valence-electron chi connectivity index (χ0n) is 11.3. The van der Waals surface area contributed by atoms with Crippen molar-refractivity contribution in [3.8, 4) is 0 Å².